The van der Waals surface area contributed by atoms with Gasteiger partial charge in [0.1, 0.15) is 11.6 Å². The van der Waals surface area contributed by atoms with E-state index in [1.807, 2.05) is 0 Å². The molecule has 140 valence electrons. The molecule has 27 heavy (non-hydrogen) atoms. The van der Waals surface area contributed by atoms with Crippen LogP contribution < -0.4 is 5.14 Å². The second-order valence-corrected chi connectivity index (χ2v) is 6.95. The maximum Gasteiger partial charge on any atom is 0.341 e. The van der Waals surface area contributed by atoms with Gasteiger partial charge in [0.2, 0.25) is 15.9 Å². The number of oxazole rings is 1. The van der Waals surface area contributed by atoms with Crippen molar-refractivity contribution >= 4 is 16.0 Å². The molecule has 0 aliphatic rings. The lowest BCUT2D eigenvalue weighted by Crippen LogP contribution is -2.14. The number of esters is 1. The zero-order valence-electron chi connectivity index (χ0n) is 13.6. The average Bonchev–Trinajstić information content (AvgIpc) is 3.08. The fourth-order valence-electron chi connectivity index (χ4n) is 2.17. The largest absolute Gasteiger partial charge is 0.452 e. The van der Waals surface area contributed by atoms with Crippen LogP contribution >= 0.6 is 0 Å². The first-order chi connectivity index (χ1) is 12.7. The highest BCUT2D eigenvalue weighted by atomic mass is 32.2. The molecule has 0 fully saturated rings. The van der Waals surface area contributed by atoms with E-state index < -0.39 is 44.7 Å². The zero-order valence-corrected chi connectivity index (χ0v) is 14.4. The summed E-state index contributed by atoms with van der Waals surface area (Å²) in [5.41, 5.74) is -0.0276. The fraction of sp³-hybridized carbons (Fsp3) is 0.0588. The molecule has 3 rings (SSSR count). The van der Waals surface area contributed by atoms with Gasteiger partial charge >= 0.3 is 5.97 Å². The molecule has 0 aliphatic carbocycles. The van der Waals surface area contributed by atoms with Crippen molar-refractivity contribution in [3.05, 3.63) is 71.8 Å². The van der Waals surface area contributed by atoms with Gasteiger partial charge in [-0.1, -0.05) is 0 Å². The molecule has 0 saturated heterocycles. The summed E-state index contributed by atoms with van der Waals surface area (Å²) in [6.07, 6.45) is 1.36. The van der Waals surface area contributed by atoms with Crippen molar-refractivity contribution in [3.8, 4) is 11.3 Å². The van der Waals surface area contributed by atoms with Gasteiger partial charge in [0.15, 0.2) is 12.4 Å². The molecule has 0 unspecified atom stereocenters. The summed E-state index contributed by atoms with van der Waals surface area (Å²) in [6.45, 7) is -0.418. The Balaban J connectivity index is 1.72. The Hall–Kier alpha value is -3.11. The summed E-state index contributed by atoms with van der Waals surface area (Å²) in [7, 11) is -4.11. The van der Waals surface area contributed by atoms with Crippen LogP contribution in [0.3, 0.4) is 0 Å². The molecular weight excluding hydrogens is 382 g/mol. The van der Waals surface area contributed by atoms with Gasteiger partial charge in [-0.25, -0.2) is 32.1 Å². The van der Waals surface area contributed by atoms with Gasteiger partial charge in [-0.05, 0) is 42.5 Å². The van der Waals surface area contributed by atoms with Crippen molar-refractivity contribution < 1.29 is 31.1 Å². The van der Waals surface area contributed by atoms with E-state index in [0.29, 0.717) is 11.3 Å². The van der Waals surface area contributed by atoms with Crippen LogP contribution in [0.15, 0.2) is 58.0 Å². The molecule has 1 aromatic heterocycles. The summed E-state index contributed by atoms with van der Waals surface area (Å²) in [4.78, 5) is 15.5. The van der Waals surface area contributed by atoms with Gasteiger partial charge < -0.3 is 9.15 Å². The highest BCUT2D eigenvalue weighted by Gasteiger charge is 2.19. The molecule has 7 nitrogen and oxygen atoms in total. The summed E-state index contributed by atoms with van der Waals surface area (Å²) in [5, 5.41) is 4.96. The van der Waals surface area contributed by atoms with E-state index in [4.69, 9.17) is 14.3 Å². The quantitative estimate of drug-likeness (QED) is 0.666. The van der Waals surface area contributed by atoms with Crippen molar-refractivity contribution in [1.82, 2.24) is 4.98 Å². The zero-order chi connectivity index (χ0) is 19.6. The minimum atomic E-state index is -4.11. The van der Waals surface area contributed by atoms with Crippen LogP contribution in [-0.2, 0) is 21.4 Å². The number of rotatable bonds is 5. The van der Waals surface area contributed by atoms with Crippen molar-refractivity contribution in [2.24, 2.45) is 5.14 Å². The second-order valence-electron chi connectivity index (χ2n) is 5.39. The number of halogens is 2. The van der Waals surface area contributed by atoms with E-state index in [1.54, 1.807) is 0 Å². The first kappa shape index (κ1) is 18.7. The molecule has 2 aromatic carbocycles. The number of hydrogen-bond donors (Lipinski definition) is 1. The molecule has 0 amide bonds. The smallest absolute Gasteiger partial charge is 0.341 e. The molecule has 10 heteroatoms. The van der Waals surface area contributed by atoms with E-state index in [-0.39, 0.29) is 5.89 Å². The maximum absolute atomic E-state index is 13.8. The van der Waals surface area contributed by atoms with Crippen LogP contribution in [0, 0.1) is 11.6 Å². The van der Waals surface area contributed by atoms with Gasteiger partial charge in [0, 0.05) is 5.56 Å². The Labute approximate surface area is 152 Å². The number of sulfonamides is 1. The lowest BCUT2D eigenvalue weighted by Gasteiger charge is -2.05. The number of nitrogens with two attached hydrogens (primary N) is 1. The maximum atomic E-state index is 13.8. The number of benzene rings is 2. The van der Waals surface area contributed by atoms with Crippen LogP contribution in [-0.4, -0.2) is 19.4 Å². The predicted octanol–water partition coefficient (Wildman–Crippen LogP) is 2.62. The van der Waals surface area contributed by atoms with Gasteiger partial charge in [-0.15, -0.1) is 0 Å². The molecule has 0 bridgehead atoms. The summed E-state index contributed by atoms with van der Waals surface area (Å²) >= 11 is 0. The predicted molar refractivity (Wildman–Crippen MR) is 88.8 cm³/mol. The normalized spacial score (nSPS) is 11.4. The highest BCUT2D eigenvalue weighted by molar-refractivity contribution is 7.89. The third kappa shape index (κ3) is 4.36. The minimum absolute atomic E-state index is 0.0192. The number of aromatic nitrogens is 1. The summed E-state index contributed by atoms with van der Waals surface area (Å²) in [5.74, 6) is -2.14. The Kier molecular flexibility index (Phi) is 5.02. The van der Waals surface area contributed by atoms with Crippen molar-refractivity contribution in [3.63, 3.8) is 0 Å². The number of hydrogen-bond acceptors (Lipinski definition) is 6. The topological polar surface area (TPSA) is 112 Å². The number of nitrogens with zero attached hydrogens (tertiary/aromatic N) is 1. The number of carbonyl (C=O) groups is 1. The lowest BCUT2D eigenvalue weighted by atomic mass is 10.2. The van der Waals surface area contributed by atoms with Crippen molar-refractivity contribution in [2.45, 2.75) is 11.5 Å². The van der Waals surface area contributed by atoms with E-state index in [9.17, 15) is 22.0 Å². The number of carbonyl (C=O) groups excluding carboxylic acids is 1. The van der Waals surface area contributed by atoms with E-state index in [2.05, 4.69) is 4.98 Å². The van der Waals surface area contributed by atoms with Crippen LogP contribution in [0.1, 0.15) is 16.2 Å². The summed E-state index contributed by atoms with van der Waals surface area (Å²) < 4.78 is 59.6. The third-order valence-corrected chi connectivity index (χ3v) is 4.41. The molecule has 0 atom stereocenters. The first-order valence-electron chi connectivity index (χ1n) is 7.44. The molecule has 0 saturated carbocycles. The van der Waals surface area contributed by atoms with Crippen LogP contribution in [0.2, 0.25) is 0 Å². The SMILES string of the molecule is NS(=O)(=O)c1ccc(F)c(C(=O)OCc2ncc(-c3ccc(F)cc3)o2)c1. The highest BCUT2D eigenvalue weighted by Crippen LogP contribution is 2.21. The second kappa shape index (κ2) is 7.25. The molecule has 0 spiro atoms. The van der Waals surface area contributed by atoms with Gasteiger partial charge in [-0.2, -0.15) is 0 Å². The molecule has 0 aliphatic heterocycles. The van der Waals surface area contributed by atoms with Crippen LogP contribution in [0.4, 0.5) is 8.78 Å². The fourth-order valence-corrected chi connectivity index (χ4v) is 2.71. The van der Waals surface area contributed by atoms with Crippen LogP contribution in [0.5, 0.6) is 0 Å². The number of ether oxygens (including phenoxy) is 1. The molecular formula is C17H12F2N2O5S. The molecule has 3 aromatic rings. The van der Waals surface area contributed by atoms with E-state index in [1.165, 1.54) is 30.5 Å². The van der Waals surface area contributed by atoms with Crippen molar-refractivity contribution in [1.29, 1.82) is 0 Å². The lowest BCUT2D eigenvalue weighted by molar-refractivity contribution is 0.0433. The van der Waals surface area contributed by atoms with Gasteiger partial charge in [0.25, 0.3) is 0 Å². The molecule has 0 radical (unpaired) electrons. The van der Waals surface area contributed by atoms with Gasteiger partial charge in [0.05, 0.1) is 16.7 Å². The Bertz CT molecular complexity index is 1090. The minimum Gasteiger partial charge on any atom is -0.452 e. The Morgan fingerprint density at radius 3 is 2.52 bits per heavy atom. The van der Waals surface area contributed by atoms with E-state index >= 15 is 0 Å². The summed E-state index contributed by atoms with van der Waals surface area (Å²) in [6, 6.07) is 7.99. The molecule has 2 N–H and O–H groups in total. The van der Waals surface area contributed by atoms with E-state index in [0.717, 1.165) is 18.2 Å². The van der Waals surface area contributed by atoms with Gasteiger partial charge in [-0.3, -0.25) is 0 Å². The standard InChI is InChI=1S/C17H12F2N2O5S/c18-11-3-1-10(2-4-11)15-8-21-16(26-15)9-25-17(22)13-7-12(27(20,23)24)5-6-14(13)19/h1-8H,9H2,(H2,20,23,24). The Morgan fingerprint density at radius 2 is 1.85 bits per heavy atom. The Morgan fingerprint density at radius 1 is 1.15 bits per heavy atom. The van der Waals surface area contributed by atoms with Crippen molar-refractivity contribution in [2.75, 3.05) is 0 Å². The number of primary sulfonamides is 1. The van der Waals surface area contributed by atoms with Crippen LogP contribution in [0.25, 0.3) is 11.3 Å². The average molecular weight is 394 g/mol. The monoisotopic (exact) mass is 394 g/mol. The third-order valence-electron chi connectivity index (χ3n) is 3.50. The first-order valence-corrected chi connectivity index (χ1v) is 8.99. The molecule has 1 heterocycles.